The minimum Gasteiger partial charge on any atom is -0.324 e. The molecule has 0 aliphatic rings. The summed E-state index contributed by atoms with van der Waals surface area (Å²) >= 11 is 5.69. The highest BCUT2D eigenvalue weighted by atomic mass is 35.5. The SMILES string of the molecule is Cc1cccc(NC(=O)CN(c2ccc(Cl)c(C(F)(F)F)c2)S(=O)(=O)c2ccccc2)c1C. The minimum absolute atomic E-state index is 0.173. The lowest BCUT2D eigenvalue weighted by Crippen LogP contribution is -2.38. The Bertz CT molecular complexity index is 1280. The topological polar surface area (TPSA) is 66.5 Å². The summed E-state index contributed by atoms with van der Waals surface area (Å²) < 4.78 is 67.5. The van der Waals surface area contributed by atoms with E-state index in [1.807, 2.05) is 13.0 Å². The molecule has 0 aliphatic carbocycles. The van der Waals surface area contributed by atoms with E-state index in [1.165, 1.54) is 24.3 Å². The lowest BCUT2D eigenvalue weighted by Gasteiger charge is -2.25. The third kappa shape index (κ3) is 5.48. The molecule has 0 saturated carbocycles. The molecule has 10 heteroatoms. The number of benzene rings is 3. The average Bonchev–Trinajstić information content (AvgIpc) is 2.75. The molecule has 0 atom stereocenters. The Morgan fingerprint density at radius 3 is 2.30 bits per heavy atom. The number of nitrogens with zero attached hydrogens (tertiary/aromatic N) is 1. The van der Waals surface area contributed by atoms with Crippen LogP contribution in [0.25, 0.3) is 0 Å². The van der Waals surface area contributed by atoms with Crippen LogP contribution in [0.4, 0.5) is 24.5 Å². The summed E-state index contributed by atoms with van der Waals surface area (Å²) in [6.45, 7) is 2.89. The van der Waals surface area contributed by atoms with E-state index < -0.39 is 39.2 Å². The van der Waals surface area contributed by atoms with E-state index in [4.69, 9.17) is 11.6 Å². The van der Waals surface area contributed by atoms with Crippen molar-refractivity contribution in [3.8, 4) is 0 Å². The number of carbonyl (C=O) groups is 1. The number of hydrogen-bond donors (Lipinski definition) is 1. The molecule has 3 aromatic rings. The van der Waals surface area contributed by atoms with Crippen molar-refractivity contribution in [3.05, 3.63) is 88.4 Å². The van der Waals surface area contributed by atoms with Gasteiger partial charge in [0, 0.05) is 5.69 Å². The van der Waals surface area contributed by atoms with Gasteiger partial charge in [0.05, 0.1) is 21.2 Å². The van der Waals surface area contributed by atoms with Crippen LogP contribution >= 0.6 is 11.6 Å². The Kier molecular flexibility index (Phi) is 7.04. The molecule has 1 amide bonds. The number of alkyl halides is 3. The first-order valence-electron chi connectivity index (χ1n) is 9.72. The molecule has 0 bridgehead atoms. The van der Waals surface area contributed by atoms with Crippen LogP contribution in [0.1, 0.15) is 16.7 Å². The number of anilines is 2. The monoisotopic (exact) mass is 496 g/mol. The number of rotatable bonds is 6. The minimum atomic E-state index is -4.81. The van der Waals surface area contributed by atoms with Crippen LogP contribution in [-0.4, -0.2) is 20.9 Å². The van der Waals surface area contributed by atoms with E-state index in [0.717, 1.165) is 23.3 Å². The van der Waals surface area contributed by atoms with E-state index in [2.05, 4.69) is 5.32 Å². The molecule has 0 fully saturated rings. The van der Waals surface area contributed by atoms with E-state index in [-0.39, 0.29) is 10.6 Å². The third-order valence-electron chi connectivity index (χ3n) is 5.04. The van der Waals surface area contributed by atoms with Crippen LogP contribution in [0, 0.1) is 13.8 Å². The molecular weight excluding hydrogens is 477 g/mol. The average molecular weight is 497 g/mol. The number of aryl methyl sites for hydroxylation is 1. The molecule has 0 heterocycles. The van der Waals surface area contributed by atoms with Crippen molar-refractivity contribution in [2.75, 3.05) is 16.2 Å². The van der Waals surface area contributed by atoms with Gasteiger partial charge in [0.15, 0.2) is 0 Å². The summed E-state index contributed by atoms with van der Waals surface area (Å²) in [4.78, 5) is 12.6. The van der Waals surface area contributed by atoms with Crippen molar-refractivity contribution in [1.82, 2.24) is 0 Å². The second-order valence-corrected chi connectivity index (χ2v) is 9.55. The summed E-state index contributed by atoms with van der Waals surface area (Å²) in [7, 11) is -4.37. The van der Waals surface area contributed by atoms with Gasteiger partial charge in [0.25, 0.3) is 10.0 Å². The first kappa shape index (κ1) is 24.6. The zero-order valence-electron chi connectivity index (χ0n) is 17.7. The Hall–Kier alpha value is -3.04. The van der Waals surface area contributed by atoms with Crippen molar-refractivity contribution in [2.45, 2.75) is 24.9 Å². The third-order valence-corrected chi connectivity index (χ3v) is 7.16. The summed E-state index contributed by atoms with van der Waals surface area (Å²) in [6, 6.07) is 15.1. The van der Waals surface area contributed by atoms with Gasteiger partial charge in [-0.25, -0.2) is 8.42 Å². The van der Waals surface area contributed by atoms with Crippen LogP contribution in [0.2, 0.25) is 5.02 Å². The highest BCUT2D eigenvalue weighted by molar-refractivity contribution is 7.92. The molecule has 0 radical (unpaired) electrons. The van der Waals surface area contributed by atoms with Gasteiger partial charge < -0.3 is 5.32 Å². The molecule has 0 aliphatic heterocycles. The fourth-order valence-corrected chi connectivity index (χ4v) is 4.79. The number of carbonyl (C=O) groups excluding carboxylic acids is 1. The smallest absolute Gasteiger partial charge is 0.324 e. The lowest BCUT2D eigenvalue weighted by molar-refractivity contribution is -0.137. The molecule has 0 unspecified atom stereocenters. The van der Waals surface area contributed by atoms with Crippen molar-refractivity contribution < 1.29 is 26.4 Å². The fourth-order valence-electron chi connectivity index (χ4n) is 3.13. The zero-order valence-corrected chi connectivity index (χ0v) is 19.2. The summed E-state index contributed by atoms with van der Waals surface area (Å²) in [5.41, 5.74) is 0.629. The number of sulfonamides is 1. The number of amides is 1. The molecule has 0 aromatic heterocycles. The van der Waals surface area contributed by atoms with Crippen LogP contribution in [0.3, 0.4) is 0 Å². The number of halogens is 4. The van der Waals surface area contributed by atoms with Crippen LogP contribution in [0.5, 0.6) is 0 Å². The Morgan fingerprint density at radius 1 is 1.00 bits per heavy atom. The van der Waals surface area contributed by atoms with Crippen molar-refractivity contribution in [2.24, 2.45) is 0 Å². The normalized spacial score (nSPS) is 11.8. The molecule has 0 spiro atoms. The van der Waals surface area contributed by atoms with Gasteiger partial charge in [-0.1, -0.05) is 41.9 Å². The summed E-state index contributed by atoms with van der Waals surface area (Å²) in [5, 5.41) is 2.06. The van der Waals surface area contributed by atoms with Gasteiger partial charge in [-0.05, 0) is 61.4 Å². The zero-order chi connectivity index (χ0) is 24.4. The van der Waals surface area contributed by atoms with Crippen LogP contribution in [-0.2, 0) is 21.0 Å². The fraction of sp³-hybridized carbons (Fsp3) is 0.174. The maximum Gasteiger partial charge on any atom is 0.417 e. The molecule has 174 valence electrons. The maximum absolute atomic E-state index is 13.4. The summed E-state index contributed by atoms with van der Waals surface area (Å²) in [5.74, 6) is -0.716. The van der Waals surface area contributed by atoms with Gasteiger partial charge in [-0.15, -0.1) is 0 Å². The second kappa shape index (κ2) is 9.44. The first-order chi connectivity index (χ1) is 15.4. The first-order valence-corrected chi connectivity index (χ1v) is 11.5. The van der Waals surface area contributed by atoms with E-state index >= 15 is 0 Å². The Labute approximate surface area is 194 Å². The maximum atomic E-state index is 13.4. The highest BCUT2D eigenvalue weighted by Gasteiger charge is 2.35. The van der Waals surface area contributed by atoms with Crippen molar-refractivity contribution in [3.63, 3.8) is 0 Å². The molecular formula is C23H20ClF3N2O3S. The van der Waals surface area contributed by atoms with Gasteiger partial charge in [0.1, 0.15) is 6.54 Å². The standard InChI is InChI=1S/C23H20ClF3N2O3S/c1-15-7-6-10-21(16(15)2)28-22(30)14-29(33(31,32)18-8-4-3-5-9-18)17-11-12-20(24)19(13-17)23(25,26)27/h3-13H,14H2,1-2H3,(H,28,30). The molecule has 33 heavy (non-hydrogen) atoms. The van der Waals surface area contributed by atoms with Crippen molar-refractivity contribution in [1.29, 1.82) is 0 Å². The van der Waals surface area contributed by atoms with Crippen molar-refractivity contribution >= 4 is 38.9 Å². The number of nitrogens with one attached hydrogen (secondary N) is 1. The van der Waals surface area contributed by atoms with E-state index in [0.29, 0.717) is 16.1 Å². The van der Waals surface area contributed by atoms with Gasteiger partial charge in [0.2, 0.25) is 5.91 Å². The summed E-state index contributed by atoms with van der Waals surface area (Å²) in [6.07, 6.45) is -4.81. The molecule has 5 nitrogen and oxygen atoms in total. The second-order valence-electron chi connectivity index (χ2n) is 7.28. The Morgan fingerprint density at radius 2 is 1.67 bits per heavy atom. The molecule has 3 aromatic carbocycles. The van der Waals surface area contributed by atoms with Gasteiger partial charge >= 0.3 is 6.18 Å². The predicted octanol–water partition coefficient (Wildman–Crippen LogP) is 5.81. The largest absolute Gasteiger partial charge is 0.417 e. The lowest BCUT2D eigenvalue weighted by atomic mass is 10.1. The van der Waals surface area contributed by atoms with Crippen LogP contribution < -0.4 is 9.62 Å². The highest BCUT2D eigenvalue weighted by Crippen LogP contribution is 2.38. The molecule has 0 saturated heterocycles. The quantitative estimate of drug-likeness (QED) is 0.468. The van der Waals surface area contributed by atoms with Gasteiger partial charge in [-0.2, -0.15) is 13.2 Å². The molecule has 3 rings (SSSR count). The molecule has 1 N–H and O–H groups in total. The van der Waals surface area contributed by atoms with E-state index in [9.17, 15) is 26.4 Å². The number of hydrogen-bond acceptors (Lipinski definition) is 3. The van der Waals surface area contributed by atoms with Crippen LogP contribution in [0.15, 0.2) is 71.6 Å². The van der Waals surface area contributed by atoms with Gasteiger partial charge in [-0.3, -0.25) is 9.10 Å². The Balaban J connectivity index is 2.05. The van der Waals surface area contributed by atoms with E-state index in [1.54, 1.807) is 25.1 Å². The predicted molar refractivity (Wildman–Crippen MR) is 122 cm³/mol.